The van der Waals surface area contributed by atoms with Crippen LogP contribution < -0.4 is 10.6 Å². The Morgan fingerprint density at radius 2 is 1.34 bits per heavy atom. The molecule has 0 radical (unpaired) electrons. The van der Waals surface area contributed by atoms with Gasteiger partial charge in [-0.05, 0) is 91.1 Å². The van der Waals surface area contributed by atoms with Gasteiger partial charge in [-0.15, -0.1) is 0 Å². The van der Waals surface area contributed by atoms with Crippen LogP contribution in [0.2, 0.25) is 0 Å². The normalized spacial score (nSPS) is 14.0. The number of hydrogen-bond acceptors (Lipinski definition) is 6. The molecule has 0 aliphatic carbocycles. The lowest BCUT2D eigenvalue weighted by atomic mass is 9.86. The lowest BCUT2D eigenvalue weighted by Gasteiger charge is -2.30. The molecule has 2 amide bonds. The number of nitrogens with one attached hydrogen (secondary N) is 2. The van der Waals surface area contributed by atoms with Gasteiger partial charge in [0.1, 0.15) is 17.0 Å². The highest BCUT2D eigenvalue weighted by molar-refractivity contribution is 5.83. The van der Waals surface area contributed by atoms with Crippen LogP contribution in [0.25, 0.3) is 0 Å². The molecule has 0 bridgehead atoms. The number of anilines is 1. The maximum Gasteiger partial charge on any atom is 0.413 e. The molecule has 2 aromatic rings. The molecular weight excluding hydrogens is 446 g/mol. The number of hydrogen-bond donors (Lipinski definition) is 3. The van der Waals surface area contributed by atoms with Crippen LogP contribution in [0.15, 0.2) is 42.6 Å². The number of amides is 2. The molecular formula is C27H39N3O5. The number of ether oxygens (including phenoxy) is 2. The van der Waals surface area contributed by atoms with Crippen molar-refractivity contribution in [2.75, 3.05) is 5.32 Å². The summed E-state index contributed by atoms with van der Waals surface area (Å²) in [4.78, 5) is 28.4. The second-order valence-electron chi connectivity index (χ2n) is 11.5. The fourth-order valence-corrected chi connectivity index (χ4v) is 3.44. The van der Waals surface area contributed by atoms with E-state index in [1.807, 2.05) is 58.9 Å². The summed E-state index contributed by atoms with van der Waals surface area (Å²) in [6.45, 7) is 16.3. The molecule has 3 N–H and O–H groups in total. The number of rotatable bonds is 6. The number of pyridine rings is 1. The van der Waals surface area contributed by atoms with Crippen LogP contribution in [0, 0.1) is 0 Å². The molecule has 0 aliphatic heterocycles. The Kier molecular flexibility index (Phi) is 8.22. The highest BCUT2D eigenvalue weighted by Crippen LogP contribution is 2.29. The summed E-state index contributed by atoms with van der Waals surface area (Å²) in [5.41, 5.74) is -0.659. The Labute approximate surface area is 208 Å². The first kappa shape index (κ1) is 28.1. The van der Waals surface area contributed by atoms with Gasteiger partial charge in [0, 0.05) is 12.6 Å². The van der Waals surface area contributed by atoms with Gasteiger partial charge in [0.25, 0.3) is 0 Å². The van der Waals surface area contributed by atoms with E-state index in [-0.39, 0.29) is 0 Å². The number of benzene rings is 1. The van der Waals surface area contributed by atoms with E-state index >= 15 is 0 Å². The molecule has 2 rings (SSSR count). The SMILES string of the molecule is CC(C)(C)OC(=O)Nc1cc(CC(C)(O)c2ccc(C(C)(C)NC(=O)OC(C)(C)C)cc2)ccn1. The van der Waals surface area contributed by atoms with Crippen molar-refractivity contribution in [3.05, 3.63) is 59.3 Å². The first-order chi connectivity index (χ1) is 15.9. The summed E-state index contributed by atoms with van der Waals surface area (Å²) >= 11 is 0. The van der Waals surface area contributed by atoms with Crippen molar-refractivity contribution < 1.29 is 24.2 Å². The molecule has 0 spiro atoms. The third-order valence-electron chi connectivity index (χ3n) is 5.04. The predicted molar refractivity (Wildman–Crippen MR) is 136 cm³/mol. The molecule has 8 nitrogen and oxygen atoms in total. The zero-order valence-corrected chi connectivity index (χ0v) is 22.3. The van der Waals surface area contributed by atoms with Crippen molar-refractivity contribution in [2.24, 2.45) is 0 Å². The van der Waals surface area contributed by atoms with Crippen LogP contribution in [-0.4, -0.2) is 33.5 Å². The van der Waals surface area contributed by atoms with E-state index in [2.05, 4.69) is 15.6 Å². The maximum absolute atomic E-state index is 12.2. The molecule has 0 fully saturated rings. The lowest BCUT2D eigenvalue weighted by molar-refractivity contribution is 0.0467. The van der Waals surface area contributed by atoms with Crippen LogP contribution in [0.3, 0.4) is 0 Å². The smallest absolute Gasteiger partial charge is 0.413 e. The minimum absolute atomic E-state index is 0.303. The van der Waals surface area contributed by atoms with Gasteiger partial charge in [-0.3, -0.25) is 5.32 Å². The Hall–Kier alpha value is -3.13. The van der Waals surface area contributed by atoms with Gasteiger partial charge in [-0.25, -0.2) is 14.6 Å². The predicted octanol–water partition coefficient (Wildman–Crippen LogP) is 5.64. The van der Waals surface area contributed by atoms with Crippen molar-refractivity contribution in [3.8, 4) is 0 Å². The Bertz CT molecular complexity index is 1030. The molecule has 1 aromatic heterocycles. The Morgan fingerprint density at radius 3 is 1.89 bits per heavy atom. The average Bonchev–Trinajstić information content (AvgIpc) is 2.64. The van der Waals surface area contributed by atoms with Crippen LogP contribution in [0.5, 0.6) is 0 Å². The molecule has 8 heteroatoms. The van der Waals surface area contributed by atoms with E-state index in [1.165, 1.54) is 0 Å². The number of carbonyl (C=O) groups is 2. The monoisotopic (exact) mass is 485 g/mol. The summed E-state index contributed by atoms with van der Waals surface area (Å²) in [7, 11) is 0. The fraction of sp³-hybridized carbons (Fsp3) is 0.519. The van der Waals surface area contributed by atoms with E-state index < -0.39 is 34.5 Å². The molecule has 35 heavy (non-hydrogen) atoms. The molecule has 1 aromatic carbocycles. The maximum atomic E-state index is 12.2. The standard InChI is InChI=1S/C27H39N3O5/c1-24(2,3)34-22(31)29-21-16-18(14-15-28-21)17-27(9,33)20-12-10-19(11-13-20)26(7,8)30-23(32)35-25(4,5)6/h10-16,33H,17H2,1-9H3,(H,30,32)(H,28,29,31). The number of aliphatic hydroxyl groups is 1. The number of alkyl carbamates (subject to hydrolysis) is 1. The minimum Gasteiger partial charge on any atom is -0.444 e. The molecule has 0 saturated carbocycles. The second-order valence-corrected chi connectivity index (χ2v) is 11.5. The molecule has 192 valence electrons. The molecule has 0 aliphatic rings. The number of nitrogens with zero attached hydrogens (tertiary/aromatic N) is 1. The summed E-state index contributed by atoms with van der Waals surface area (Å²) in [6.07, 6.45) is 0.794. The largest absolute Gasteiger partial charge is 0.444 e. The van der Waals surface area contributed by atoms with Crippen LogP contribution in [0.1, 0.15) is 79.0 Å². The van der Waals surface area contributed by atoms with Gasteiger partial charge < -0.3 is 19.9 Å². The second kappa shape index (κ2) is 10.2. The summed E-state index contributed by atoms with van der Waals surface area (Å²) in [5.74, 6) is 0.345. The third-order valence-corrected chi connectivity index (χ3v) is 5.04. The van der Waals surface area contributed by atoms with Gasteiger partial charge >= 0.3 is 12.2 Å². The van der Waals surface area contributed by atoms with Crippen LogP contribution >= 0.6 is 0 Å². The molecule has 0 saturated heterocycles. The van der Waals surface area contributed by atoms with Gasteiger partial charge in [0.05, 0.1) is 11.1 Å². The number of aromatic nitrogens is 1. The average molecular weight is 486 g/mol. The highest BCUT2D eigenvalue weighted by atomic mass is 16.6. The van der Waals surface area contributed by atoms with Crippen LogP contribution in [0.4, 0.5) is 15.4 Å². The van der Waals surface area contributed by atoms with E-state index in [1.54, 1.807) is 46.0 Å². The van der Waals surface area contributed by atoms with Crippen molar-refractivity contribution >= 4 is 18.0 Å². The third kappa shape index (κ3) is 9.20. The Morgan fingerprint density at radius 1 is 0.829 bits per heavy atom. The summed E-state index contributed by atoms with van der Waals surface area (Å²) < 4.78 is 10.6. The van der Waals surface area contributed by atoms with E-state index in [9.17, 15) is 14.7 Å². The first-order valence-corrected chi connectivity index (χ1v) is 11.7. The molecule has 1 unspecified atom stereocenters. The fourth-order valence-electron chi connectivity index (χ4n) is 3.44. The quantitative estimate of drug-likeness (QED) is 0.489. The van der Waals surface area contributed by atoms with Crippen molar-refractivity contribution in [1.82, 2.24) is 10.3 Å². The van der Waals surface area contributed by atoms with Crippen molar-refractivity contribution in [3.63, 3.8) is 0 Å². The van der Waals surface area contributed by atoms with Gasteiger partial charge in [0.15, 0.2) is 0 Å². The van der Waals surface area contributed by atoms with Crippen molar-refractivity contribution in [2.45, 2.75) is 91.1 Å². The summed E-state index contributed by atoms with van der Waals surface area (Å²) in [5, 5.41) is 16.7. The first-order valence-electron chi connectivity index (χ1n) is 11.7. The van der Waals surface area contributed by atoms with Gasteiger partial charge in [0.2, 0.25) is 0 Å². The molecule has 1 heterocycles. The zero-order valence-electron chi connectivity index (χ0n) is 22.3. The van der Waals surface area contributed by atoms with E-state index in [0.29, 0.717) is 17.8 Å². The minimum atomic E-state index is -1.17. The van der Waals surface area contributed by atoms with Crippen molar-refractivity contribution in [1.29, 1.82) is 0 Å². The van der Waals surface area contributed by atoms with Gasteiger partial charge in [-0.2, -0.15) is 0 Å². The summed E-state index contributed by atoms with van der Waals surface area (Å²) in [6, 6.07) is 10.9. The lowest BCUT2D eigenvalue weighted by Crippen LogP contribution is -2.43. The van der Waals surface area contributed by atoms with E-state index in [4.69, 9.17) is 9.47 Å². The van der Waals surface area contributed by atoms with Crippen LogP contribution in [-0.2, 0) is 27.0 Å². The Balaban J connectivity index is 2.11. The van der Waals surface area contributed by atoms with E-state index in [0.717, 1.165) is 11.1 Å². The highest BCUT2D eigenvalue weighted by Gasteiger charge is 2.28. The van der Waals surface area contributed by atoms with Gasteiger partial charge in [-0.1, -0.05) is 24.3 Å². The molecule has 1 atom stereocenters. The zero-order chi connectivity index (χ0) is 26.7. The topological polar surface area (TPSA) is 110 Å². The number of carbonyl (C=O) groups excluding carboxylic acids is 2.